The van der Waals surface area contributed by atoms with Crippen LogP contribution < -0.4 is 0 Å². The standard InChI is InChI=1S/C9H9N2O/c1-2-3-8-7-4-5-10-6-9(7)12-11-8/h4-6H,1-3H2. The van der Waals surface area contributed by atoms with E-state index in [1.165, 1.54) is 0 Å². The molecule has 0 N–H and O–H groups in total. The minimum Gasteiger partial charge on any atom is -0.354 e. The zero-order valence-corrected chi connectivity index (χ0v) is 6.66. The van der Waals surface area contributed by atoms with Gasteiger partial charge in [-0.1, -0.05) is 12.1 Å². The van der Waals surface area contributed by atoms with Crippen LogP contribution in [0.4, 0.5) is 0 Å². The summed E-state index contributed by atoms with van der Waals surface area (Å²) in [5.74, 6) is 0. The third-order valence-electron chi connectivity index (χ3n) is 1.76. The smallest absolute Gasteiger partial charge is 0.185 e. The van der Waals surface area contributed by atoms with E-state index in [-0.39, 0.29) is 0 Å². The Kier molecular flexibility index (Phi) is 1.78. The monoisotopic (exact) mass is 161 g/mol. The van der Waals surface area contributed by atoms with Crippen LogP contribution in [0.25, 0.3) is 11.0 Å². The molecule has 0 saturated heterocycles. The fourth-order valence-corrected chi connectivity index (χ4v) is 1.19. The maximum absolute atomic E-state index is 5.06. The van der Waals surface area contributed by atoms with Crippen molar-refractivity contribution >= 4 is 11.0 Å². The van der Waals surface area contributed by atoms with Crippen LogP contribution >= 0.6 is 0 Å². The van der Waals surface area contributed by atoms with Crippen molar-refractivity contribution in [1.82, 2.24) is 10.1 Å². The summed E-state index contributed by atoms with van der Waals surface area (Å²) in [6, 6.07) is 1.91. The van der Waals surface area contributed by atoms with Crippen molar-refractivity contribution in [2.75, 3.05) is 0 Å². The second-order valence-electron chi connectivity index (χ2n) is 2.60. The minimum absolute atomic E-state index is 0.751. The number of aryl methyl sites for hydroxylation is 1. The second kappa shape index (κ2) is 2.93. The summed E-state index contributed by atoms with van der Waals surface area (Å²) in [7, 11) is 0. The molecule has 0 saturated carbocycles. The molecule has 0 aliphatic heterocycles. The van der Waals surface area contributed by atoms with Gasteiger partial charge >= 0.3 is 0 Å². The number of hydrogen-bond donors (Lipinski definition) is 0. The predicted molar refractivity (Wildman–Crippen MR) is 45.5 cm³/mol. The molecule has 1 radical (unpaired) electrons. The molecule has 3 heteroatoms. The van der Waals surface area contributed by atoms with Crippen LogP contribution in [0.3, 0.4) is 0 Å². The molecule has 0 aromatic carbocycles. The molecule has 0 bridgehead atoms. The molecule has 12 heavy (non-hydrogen) atoms. The molecule has 61 valence electrons. The Hall–Kier alpha value is -1.38. The molecule has 0 unspecified atom stereocenters. The first-order chi connectivity index (χ1) is 5.92. The molecule has 0 aliphatic rings. The zero-order valence-electron chi connectivity index (χ0n) is 6.66. The maximum Gasteiger partial charge on any atom is 0.185 e. The molecular formula is C9H9N2O. The van der Waals surface area contributed by atoms with Crippen molar-refractivity contribution in [3.8, 4) is 0 Å². The molecule has 2 aromatic rings. The first kappa shape index (κ1) is 7.28. The van der Waals surface area contributed by atoms with E-state index in [1.807, 2.05) is 6.07 Å². The van der Waals surface area contributed by atoms with E-state index in [1.54, 1.807) is 12.4 Å². The Bertz CT molecular complexity index is 381. The van der Waals surface area contributed by atoms with E-state index in [0.29, 0.717) is 0 Å². The number of nitrogens with zero attached hydrogens (tertiary/aromatic N) is 2. The Balaban J connectivity index is 2.55. The summed E-state index contributed by atoms with van der Waals surface area (Å²) in [6.07, 6.45) is 5.11. The second-order valence-corrected chi connectivity index (χ2v) is 2.60. The molecule has 0 fully saturated rings. The lowest BCUT2D eigenvalue weighted by Gasteiger charge is -1.88. The lowest BCUT2D eigenvalue weighted by molar-refractivity contribution is 0.445. The zero-order chi connectivity index (χ0) is 8.39. The van der Waals surface area contributed by atoms with Gasteiger partial charge in [0, 0.05) is 11.6 Å². The van der Waals surface area contributed by atoms with Crippen LogP contribution in [0.1, 0.15) is 12.1 Å². The normalized spacial score (nSPS) is 10.8. The van der Waals surface area contributed by atoms with Crippen molar-refractivity contribution in [3.05, 3.63) is 31.1 Å². The largest absolute Gasteiger partial charge is 0.354 e. The van der Waals surface area contributed by atoms with Gasteiger partial charge in [0.15, 0.2) is 5.58 Å². The van der Waals surface area contributed by atoms with Gasteiger partial charge in [0.1, 0.15) is 0 Å². The summed E-state index contributed by atoms with van der Waals surface area (Å²) in [5, 5.41) is 4.98. The molecule has 2 aromatic heterocycles. The van der Waals surface area contributed by atoms with Crippen molar-refractivity contribution in [2.45, 2.75) is 12.8 Å². The first-order valence-corrected chi connectivity index (χ1v) is 3.89. The minimum atomic E-state index is 0.751. The van der Waals surface area contributed by atoms with Gasteiger partial charge in [0.25, 0.3) is 0 Å². The SMILES string of the molecule is [CH2]CCc1noc2cnccc12. The van der Waals surface area contributed by atoms with Crippen LogP contribution in [0.2, 0.25) is 0 Å². The Morgan fingerprint density at radius 3 is 3.25 bits per heavy atom. The van der Waals surface area contributed by atoms with Gasteiger partial charge in [-0.05, 0) is 18.9 Å². The van der Waals surface area contributed by atoms with Crippen LogP contribution in [-0.4, -0.2) is 10.1 Å². The molecule has 0 atom stereocenters. The fraction of sp³-hybridized carbons (Fsp3) is 0.222. The van der Waals surface area contributed by atoms with Gasteiger partial charge < -0.3 is 4.52 Å². The van der Waals surface area contributed by atoms with E-state index in [2.05, 4.69) is 17.1 Å². The highest BCUT2D eigenvalue weighted by Gasteiger charge is 2.05. The molecule has 2 heterocycles. The van der Waals surface area contributed by atoms with E-state index in [0.717, 1.165) is 29.5 Å². The van der Waals surface area contributed by atoms with Crippen LogP contribution in [0.5, 0.6) is 0 Å². The van der Waals surface area contributed by atoms with Crippen LogP contribution in [0.15, 0.2) is 23.0 Å². The van der Waals surface area contributed by atoms with Crippen LogP contribution in [-0.2, 0) is 6.42 Å². The Labute approximate surface area is 70.4 Å². The summed E-state index contributed by atoms with van der Waals surface area (Å²) >= 11 is 0. The highest BCUT2D eigenvalue weighted by atomic mass is 16.5. The lowest BCUT2D eigenvalue weighted by atomic mass is 10.2. The van der Waals surface area contributed by atoms with E-state index < -0.39 is 0 Å². The molecule has 2 rings (SSSR count). The van der Waals surface area contributed by atoms with Gasteiger partial charge in [0.05, 0.1) is 11.9 Å². The highest BCUT2D eigenvalue weighted by Crippen LogP contribution is 2.17. The van der Waals surface area contributed by atoms with E-state index in [4.69, 9.17) is 4.52 Å². The number of hydrogen-bond acceptors (Lipinski definition) is 3. The van der Waals surface area contributed by atoms with Gasteiger partial charge in [-0.2, -0.15) is 0 Å². The van der Waals surface area contributed by atoms with Gasteiger partial charge in [-0.25, -0.2) is 0 Å². The topological polar surface area (TPSA) is 38.9 Å². The molecule has 0 aliphatic carbocycles. The number of fused-ring (bicyclic) bond motifs is 1. The Morgan fingerprint density at radius 1 is 1.50 bits per heavy atom. The summed E-state index contributed by atoms with van der Waals surface area (Å²) in [5.41, 5.74) is 1.73. The summed E-state index contributed by atoms with van der Waals surface area (Å²) in [4.78, 5) is 3.94. The third-order valence-corrected chi connectivity index (χ3v) is 1.76. The average molecular weight is 161 g/mol. The first-order valence-electron chi connectivity index (χ1n) is 3.89. The number of aromatic nitrogens is 2. The predicted octanol–water partition coefficient (Wildman–Crippen LogP) is 1.99. The van der Waals surface area contributed by atoms with Gasteiger partial charge in [0.2, 0.25) is 0 Å². The number of pyridine rings is 1. The molecule has 3 nitrogen and oxygen atoms in total. The van der Waals surface area contributed by atoms with Crippen molar-refractivity contribution < 1.29 is 4.52 Å². The third kappa shape index (κ3) is 1.07. The van der Waals surface area contributed by atoms with Gasteiger partial charge in [-0.3, -0.25) is 4.98 Å². The lowest BCUT2D eigenvalue weighted by Crippen LogP contribution is -1.82. The number of rotatable bonds is 2. The van der Waals surface area contributed by atoms with Gasteiger partial charge in [-0.15, -0.1) is 0 Å². The van der Waals surface area contributed by atoms with Crippen LogP contribution in [0, 0.1) is 6.92 Å². The molecular weight excluding hydrogens is 152 g/mol. The summed E-state index contributed by atoms with van der Waals surface area (Å²) in [6.45, 7) is 3.77. The molecule has 0 amide bonds. The van der Waals surface area contributed by atoms with E-state index >= 15 is 0 Å². The Morgan fingerprint density at radius 2 is 2.42 bits per heavy atom. The highest BCUT2D eigenvalue weighted by molar-refractivity contribution is 5.78. The quantitative estimate of drug-likeness (QED) is 0.676. The molecule has 0 spiro atoms. The fourth-order valence-electron chi connectivity index (χ4n) is 1.19. The summed E-state index contributed by atoms with van der Waals surface area (Å²) < 4.78 is 5.06. The average Bonchev–Trinajstić information content (AvgIpc) is 2.50. The maximum atomic E-state index is 5.06. The van der Waals surface area contributed by atoms with Crippen molar-refractivity contribution in [3.63, 3.8) is 0 Å². The van der Waals surface area contributed by atoms with Crippen molar-refractivity contribution in [1.29, 1.82) is 0 Å². The van der Waals surface area contributed by atoms with E-state index in [9.17, 15) is 0 Å². The van der Waals surface area contributed by atoms with Crippen molar-refractivity contribution in [2.24, 2.45) is 0 Å².